The van der Waals surface area contributed by atoms with E-state index in [1.165, 1.54) is 0 Å². The van der Waals surface area contributed by atoms with Crippen molar-refractivity contribution >= 4 is 5.96 Å². The number of nitrogens with two attached hydrogens (primary N) is 1. The highest BCUT2D eigenvalue weighted by Crippen LogP contribution is 1.99. The van der Waals surface area contributed by atoms with E-state index in [0.717, 1.165) is 5.56 Å². The molecule has 1 atom stereocenters. The minimum absolute atomic E-state index is 0.00752. The smallest absolute Gasteiger partial charge is 0.189 e. The number of nitrogens with zero attached hydrogens (tertiary/aromatic N) is 1. The summed E-state index contributed by atoms with van der Waals surface area (Å²) >= 11 is 0. The summed E-state index contributed by atoms with van der Waals surface area (Å²) in [6, 6.07) is 9.74. The van der Waals surface area contributed by atoms with Crippen LogP contribution in [-0.2, 0) is 6.54 Å². The van der Waals surface area contributed by atoms with Crippen molar-refractivity contribution in [3.63, 3.8) is 0 Å². The molecule has 0 fully saturated rings. The fourth-order valence-electron chi connectivity index (χ4n) is 1.39. The van der Waals surface area contributed by atoms with E-state index in [4.69, 9.17) is 10.8 Å². The summed E-state index contributed by atoms with van der Waals surface area (Å²) in [5.41, 5.74) is 6.82. The Morgan fingerprint density at radius 1 is 1.47 bits per heavy atom. The van der Waals surface area contributed by atoms with Gasteiger partial charge in [0.05, 0.1) is 19.2 Å². The van der Waals surface area contributed by atoms with Crippen LogP contribution in [0.2, 0.25) is 0 Å². The van der Waals surface area contributed by atoms with Gasteiger partial charge in [-0.05, 0) is 12.0 Å². The van der Waals surface area contributed by atoms with E-state index in [1.807, 2.05) is 30.3 Å². The summed E-state index contributed by atoms with van der Waals surface area (Å²) in [5, 5.41) is 12.0. The summed E-state index contributed by atoms with van der Waals surface area (Å²) in [4.78, 5) is 4.20. The molecule has 0 aromatic heterocycles. The molecule has 92 valence electrons. The maximum absolute atomic E-state index is 9.07. The summed E-state index contributed by atoms with van der Waals surface area (Å²) in [6.07, 6.45) is 2.39. The van der Waals surface area contributed by atoms with Crippen LogP contribution in [0.25, 0.3) is 0 Å². The van der Waals surface area contributed by atoms with Crippen molar-refractivity contribution in [2.24, 2.45) is 10.7 Å². The van der Waals surface area contributed by atoms with E-state index in [-0.39, 0.29) is 12.6 Å². The van der Waals surface area contributed by atoms with Gasteiger partial charge in [-0.2, -0.15) is 0 Å². The van der Waals surface area contributed by atoms with Crippen molar-refractivity contribution in [2.45, 2.75) is 19.0 Å². The molecule has 17 heavy (non-hydrogen) atoms. The Morgan fingerprint density at radius 3 is 2.76 bits per heavy atom. The van der Waals surface area contributed by atoms with Crippen LogP contribution in [0.4, 0.5) is 0 Å². The fraction of sp³-hybridized carbons (Fsp3) is 0.308. The molecule has 0 saturated carbocycles. The second-order valence-corrected chi connectivity index (χ2v) is 3.74. The molecule has 4 nitrogen and oxygen atoms in total. The van der Waals surface area contributed by atoms with Crippen LogP contribution in [0, 0.1) is 0 Å². The van der Waals surface area contributed by atoms with Gasteiger partial charge in [0.1, 0.15) is 0 Å². The molecule has 0 aliphatic heterocycles. The molecule has 1 rings (SSSR count). The lowest BCUT2D eigenvalue weighted by atomic mass is 10.2. The number of benzene rings is 1. The largest absolute Gasteiger partial charge is 0.394 e. The maximum Gasteiger partial charge on any atom is 0.189 e. The number of aliphatic hydroxyl groups excluding tert-OH is 1. The van der Waals surface area contributed by atoms with Crippen molar-refractivity contribution < 1.29 is 5.11 Å². The van der Waals surface area contributed by atoms with Crippen LogP contribution in [0.15, 0.2) is 48.0 Å². The van der Waals surface area contributed by atoms with Crippen LogP contribution in [0.1, 0.15) is 12.0 Å². The minimum Gasteiger partial charge on any atom is -0.394 e. The van der Waals surface area contributed by atoms with Gasteiger partial charge in [0.15, 0.2) is 5.96 Å². The van der Waals surface area contributed by atoms with E-state index in [9.17, 15) is 0 Å². The van der Waals surface area contributed by atoms with Gasteiger partial charge in [-0.15, -0.1) is 6.58 Å². The molecule has 1 aromatic rings. The molecule has 1 unspecified atom stereocenters. The highest BCUT2D eigenvalue weighted by Gasteiger charge is 2.04. The van der Waals surface area contributed by atoms with Crippen molar-refractivity contribution in [3.05, 3.63) is 48.6 Å². The molecule has 0 amide bonds. The van der Waals surface area contributed by atoms with Crippen LogP contribution < -0.4 is 11.1 Å². The Balaban J connectivity index is 2.46. The third-order valence-electron chi connectivity index (χ3n) is 2.30. The lowest BCUT2D eigenvalue weighted by Crippen LogP contribution is -2.41. The Kier molecular flexibility index (Phi) is 5.82. The minimum atomic E-state index is -0.118. The molecule has 4 N–H and O–H groups in total. The topological polar surface area (TPSA) is 70.6 Å². The molecule has 0 spiro atoms. The van der Waals surface area contributed by atoms with Crippen LogP contribution in [-0.4, -0.2) is 23.7 Å². The number of nitrogens with one attached hydrogen (secondary N) is 1. The maximum atomic E-state index is 9.07. The molecule has 1 aromatic carbocycles. The number of aliphatic imine (C=N–C) groups is 1. The van der Waals surface area contributed by atoms with Crippen LogP contribution in [0.5, 0.6) is 0 Å². The molecule has 0 aliphatic carbocycles. The zero-order valence-electron chi connectivity index (χ0n) is 9.84. The van der Waals surface area contributed by atoms with Crippen molar-refractivity contribution in [3.8, 4) is 0 Å². The highest BCUT2D eigenvalue weighted by atomic mass is 16.3. The van der Waals surface area contributed by atoms with Gasteiger partial charge >= 0.3 is 0 Å². The first kappa shape index (κ1) is 13.3. The SMILES string of the molecule is C=CCC(CO)NC(N)=NCc1ccccc1. The van der Waals surface area contributed by atoms with E-state index in [2.05, 4.69) is 16.9 Å². The number of rotatable bonds is 6. The first-order chi connectivity index (χ1) is 8.26. The highest BCUT2D eigenvalue weighted by molar-refractivity contribution is 5.78. The standard InChI is InChI=1S/C13H19N3O/c1-2-6-12(10-17)16-13(14)15-9-11-7-4-3-5-8-11/h2-5,7-8,12,17H,1,6,9-10H2,(H3,14,15,16). The zero-order valence-corrected chi connectivity index (χ0v) is 9.84. The first-order valence-electron chi connectivity index (χ1n) is 5.58. The van der Waals surface area contributed by atoms with Gasteiger partial charge in [0.25, 0.3) is 0 Å². The second-order valence-electron chi connectivity index (χ2n) is 3.74. The molecule has 0 radical (unpaired) electrons. The van der Waals surface area contributed by atoms with Crippen molar-refractivity contribution in [1.29, 1.82) is 0 Å². The number of hydrogen-bond donors (Lipinski definition) is 3. The Bertz CT molecular complexity index is 362. The average Bonchev–Trinajstić information content (AvgIpc) is 2.37. The Labute approximate surface area is 102 Å². The summed E-state index contributed by atoms with van der Waals surface area (Å²) in [7, 11) is 0. The zero-order chi connectivity index (χ0) is 12.5. The first-order valence-corrected chi connectivity index (χ1v) is 5.58. The Morgan fingerprint density at radius 2 is 2.18 bits per heavy atom. The molecule has 0 aliphatic rings. The number of hydrogen-bond acceptors (Lipinski definition) is 2. The number of aliphatic hydroxyl groups is 1. The third-order valence-corrected chi connectivity index (χ3v) is 2.30. The van der Waals surface area contributed by atoms with E-state index in [0.29, 0.717) is 18.9 Å². The lowest BCUT2D eigenvalue weighted by Gasteiger charge is -2.14. The predicted molar refractivity (Wildman–Crippen MR) is 70.6 cm³/mol. The average molecular weight is 233 g/mol. The second kappa shape index (κ2) is 7.46. The summed E-state index contributed by atoms with van der Waals surface area (Å²) in [5.74, 6) is 0.342. The summed E-state index contributed by atoms with van der Waals surface area (Å²) < 4.78 is 0. The Hall–Kier alpha value is -1.81. The van der Waals surface area contributed by atoms with Gasteiger partial charge < -0.3 is 16.2 Å². The van der Waals surface area contributed by atoms with Crippen LogP contribution in [0.3, 0.4) is 0 Å². The van der Waals surface area contributed by atoms with Gasteiger partial charge in [0.2, 0.25) is 0 Å². The van der Waals surface area contributed by atoms with Gasteiger partial charge in [0, 0.05) is 0 Å². The predicted octanol–water partition coefficient (Wildman–Crippen LogP) is 1.03. The van der Waals surface area contributed by atoms with Crippen LogP contribution >= 0.6 is 0 Å². The van der Waals surface area contributed by atoms with Crippen molar-refractivity contribution in [1.82, 2.24) is 5.32 Å². The van der Waals surface area contributed by atoms with Gasteiger partial charge in [-0.1, -0.05) is 36.4 Å². The molecular weight excluding hydrogens is 214 g/mol. The third kappa shape index (κ3) is 5.17. The molecular formula is C13H19N3O. The lowest BCUT2D eigenvalue weighted by molar-refractivity contribution is 0.256. The van der Waals surface area contributed by atoms with Gasteiger partial charge in [-0.25, -0.2) is 4.99 Å². The quantitative estimate of drug-likeness (QED) is 0.390. The summed E-state index contributed by atoms with van der Waals surface area (Å²) in [6.45, 7) is 4.16. The van der Waals surface area contributed by atoms with Crippen molar-refractivity contribution in [2.75, 3.05) is 6.61 Å². The number of guanidine groups is 1. The monoisotopic (exact) mass is 233 g/mol. The van der Waals surface area contributed by atoms with E-state index < -0.39 is 0 Å². The van der Waals surface area contributed by atoms with Gasteiger partial charge in [-0.3, -0.25) is 0 Å². The van der Waals surface area contributed by atoms with E-state index in [1.54, 1.807) is 6.08 Å². The molecule has 0 bridgehead atoms. The molecule has 0 saturated heterocycles. The van der Waals surface area contributed by atoms with E-state index >= 15 is 0 Å². The normalized spacial score (nSPS) is 13.1. The fourth-order valence-corrected chi connectivity index (χ4v) is 1.39. The molecule has 4 heteroatoms. The molecule has 0 heterocycles.